The third kappa shape index (κ3) is 6.27. The molecule has 1 aliphatic heterocycles. The summed E-state index contributed by atoms with van der Waals surface area (Å²) >= 11 is 0. The summed E-state index contributed by atoms with van der Waals surface area (Å²) in [5.74, 6) is -0.832. The minimum atomic E-state index is -0.573. The van der Waals surface area contributed by atoms with Gasteiger partial charge in [-0.3, -0.25) is 0 Å². The van der Waals surface area contributed by atoms with Gasteiger partial charge in [0.15, 0.2) is 6.29 Å². The second kappa shape index (κ2) is 10.5. The van der Waals surface area contributed by atoms with E-state index in [4.69, 9.17) is 18.9 Å². The van der Waals surface area contributed by atoms with Gasteiger partial charge in [0.2, 0.25) is 0 Å². The van der Waals surface area contributed by atoms with Crippen LogP contribution in [0.4, 0.5) is 0 Å². The van der Waals surface area contributed by atoms with Crippen LogP contribution in [0, 0.1) is 0 Å². The lowest BCUT2D eigenvalue weighted by Crippen LogP contribution is -2.41. The molecular weight excluding hydrogens is 372 g/mol. The summed E-state index contributed by atoms with van der Waals surface area (Å²) in [7, 11) is 0. The van der Waals surface area contributed by atoms with Crippen LogP contribution in [0.25, 0.3) is 0 Å². The van der Waals surface area contributed by atoms with E-state index in [1.807, 2.05) is 12.1 Å². The molecular formula is C23H24O6. The molecule has 6 nitrogen and oxygen atoms in total. The first kappa shape index (κ1) is 20.8. The Kier molecular flexibility index (Phi) is 7.55. The van der Waals surface area contributed by atoms with Crippen molar-refractivity contribution in [1.29, 1.82) is 0 Å². The van der Waals surface area contributed by atoms with Crippen LogP contribution in [0.1, 0.15) is 33.6 Å². The van der Waals surface area contributed by atoms with Gasteiger partial charge in [-0.25, -0.2) is 9.59 Å². The molecule has 0 radical (unpaired) electrons. The zero-order valence-electron chi connectivity index (χ0n) is 16.1. The molecule has 3 rings (SSSR count). The van der Waals surface area contributed by atoms with Crippen LogP contribution in [0.5, 0.6) is 0 Å². The number of hydrogen-bond acceptors (Lipinski definition) is 6. The van der Waals surface area contributed by atoms with E-state index < -0.39 is 30.4 Å². The Morgan fingerprint density at radius 2 is 1.59 bits per heavy atom. The molecule has 1 fully saturated rings. The first-order valence-corrected chi connectivity index (χ1v) is 9.52. The highest BCUT2D eigenvalue weighted by molar-refractivity contribution is 5.89. The molecule has 3 atom stereocenters. The number of carbonyl (C=O) groups excluding carboxylic acids is 2. The summed E-state index contributed by atoms with van der Waals surface area (Å²) in [6.07, 6.45) is 1.000. The van der Waals surface area contributed by atoms with Crippen LogP contribution in [-0.4, -0.2) is 43.7 Å². The Labute approximate surface area is 170 Å². The van der Waals surface area contributed by atoms with Gasteiger partial charge >= 0.3 is 11.9 Å². The van der Waals surface area contributed by atoms with Gasteiger partial charge in [-0.2, -0.15) is 0 Å². The minimum absolute atomic E-state index is 0.0427. The van der Waals surface area contributed by atoms with E-state index in [9.17, 15) is 9.59 Å². The van der Waals surface area contributed by atoms with Crippen molar-refractivity contribution in [3.63, 3.8) is 0 Å². The molecule has 0 N–H and O–H groups in total. The molecule has 1 saturated heterocycles. The number of benzene rings is 2. The van der Waals surface area contributed by atoms with E-state index >= 15 is 0 Å². The molecule has 1 heterocycles. The molecule has 29 heavy (non-hydrogen) atoms. The number of hydrogen-bond donors (Lipinski definition) is 0. The maximum Gasteiger partial charge on any atom is 0.338 e. The van der Waals surface area contributed by atoms with Gasteiger partial charge in [-0.05, 0) is 24.3 Å². The Balaban J connectivity index is 1.59. The molecule has 0 saturated carbocycles. The quantitative estimate of drug-likeness (QED) is 0.500. The summed E-state index contributed by atoms with van der Waals surface area (Å²) in [5.41, 5.74) is 0.949. The van der Waals surface area contributed by atoms with Crippen molar-refractivity contribution in [2.75, 3.05) is 13.2 Å². The summed E-state index contributed by atoms with van der Waals surface area (Å²) < 4.78 is 22.5. The smallest absolute Gasteiger partial charge is 0.338 e. The highest BCUT2D eigenvalue weighted by Gasteiger charge is 2.33. The molecule has 0 spiro atoms. The van der Waals surface area contributed by atoms with Crippen molar-refractivity contribution in [2.24, 2.45) is 0 Å². The maximum atomic E-state index is 12.4. The Hall–Kier alpha value is -2.96. The first-order chi connectivity index (χ1) is 14.2. The predicted molar refractivity (Wildman–Crippen MR) is 106 cm³/mol. The fourth-order valence-electron chi connectivity index (χ4n) is 3.04. The van der Waals surface area contributed by atoms with Crippen molar-refractivity contribution in [1.82, 2.24) is 0 Å². The molecule has 6 heteroatoms. The van der Waals surface area contributed by atoms with Gasteiger partial charge in [0.1, 0.15) is 12.7 Å². The third-order valence-electron chi connectivity index (χ3n) is 4.42. The van der Waals surface area contributed by atoms with E-state index in [1.165, 1.54) is 0 Å². The third-order valence-corrected chi connectivity index (χ3v) is 4.42. The van der Waals surface area contributed by atoms with Gasteiger partial charge in [-0.1, -0.05) is 42.5 Å². The lowest BCUT2D eigenvalue weighted by molar-refractivity contribution is -0.217. The fourth-order valence-corrected chi connectivity index (χ4v) is 3.04. The molecule has 3 unspecified atom stereocenters. The number of carbonyl (C=O) groups is 2. The van der Waals surface area contributed by atoms with Crippen LogP contribution in [0.2, 0.25) is 0 Å². The van der Waals surface area contributed by atoms with E-state index in [1.54, 1.807) is 54.6 Å². The van der Waals surface area contributed by atoms with E-state index in [2.05, 4.69) is 6.58 Å². The van der Waals surface area contributed by atoms with Crippen LogP contribution in [0.15, 0.2) is 73.3 Å². The van der Waals surface area contributed by atoms with Gasteiger partial charge < -0.3 is 18.9 Å². The van der Waals surface area contributed by atoms with Crippen LogP contribution < -0.4 is 0 Å². The fraction of sp³-hybridized carbons (Fsp3) is 0.304. The molecule has 0 aliphatic carbocycles. The standard InChI is InChI=1S/C23H24O6/c1-2-13-26-21-15-19(29-23(25)18-11-7-4-8-12-18)14-20(28-21)16-27-22(24)17-9-5-3-6-10-17/h2-12,19-21H,1,13-16H2. The van der Waals surface area contributed by atoms with E-state index in [0.29, 0.717) is 30.6 Å². The number of ether oxygens (including phenoxy) is 4. The van der Waals surface area contributed by atoms with Crippen LogP contribution in [-0.2, 0) is 18.9 Å². The van der Waals surface area contributed by atoms with Gasteiger partial charge in [0, 0.05) is 12.8 Å². The lowest BCUT2D eigenvalue weighted by atomic mass is 10.0. The average molecular weight is 396 g/mol. The topological polar surface area (TPSA) is 71.1 Å². The molecule has 0 bridgehead atoms. The second-order valence-corrected chi connectivity index (χ2v) is 6.64. The molecule has 0 amide bonds. The van der Waals surface area contributed by atoms with Gasteiger partial charge in [-0.15, -0.1) is 6.58 Å². The summed E-state index contributed by atoms with van der Waals surface area (Å²) in [6, 6.07) is 17.5. The Morgan fingerprint density at radius 1 is 0.966 bits per heavy atom. The summed E-state index contributed by atoms with van der Waals surface area (Å²) in [6.45, 7) is 3.98. The van der Waals surface area contributed by atoms with Crippen molar-refractivity contribution in [2.45, 2.75) is 31.3 Å². The van der Waals surface area contributed by atoms with Gasteiger partial charge in [0.05, 0.1) is 23.8 Å². The second-order valence-electron chi connectivity index (χ2n) is 6.64. The normalized spacial score (nSPS) is 21.2. The average Bonchev–Trinajstić information content (AvgIpc) is 2.77. The molecule has 2 aromatic carbocycles. The molecule has 2 aromatic rings. The maximum absolute atomic E-state index is 12.4. The number of rotatable bonds is 8. The van der Waals surface area contributed by atoms with Crippen molar-refractivity contribution in [3.05, 3.63) is 84.4 Å². The van der Waals surface area contributed by atoms with E-state index in [-0.39, 0.29) is 6.61 Å². The SMILES string of the molecule is C=CCOC1CC(OC(=O)c2ccccc2)CC(COC(=O)c2ccccc2)O1. The summed E-state index contributed by atoms with van der Waals surface area (Å²) in [4.78, 5) is 24.6. The zero-order valence-corrected chi connectivity index (χ0v) is 16.1. The monoisotopic (exact) mass is 396 g/mol. The molecule has 0 aromatic heterocycles. The highest BCUT2D eigenvalue weighted by Crippen LogP contribution is 2.24. The Morgan fingerprint density at radius 3 is 2.21 bits per heavy atom. The van der Waals surface area contributed by atoms with Crippen molar-refractivity contribution >= 4 is 11.9 Å². The number of esters is 2. The van der Waals surface area contributed by atoms with Gasteiger partial charge in [0.25, 0.3) is 0 Å². The molecule has 1 aliphatic rings. The predicted octanol–water partition coefficient (Wildman–Crippen LogP) is 3.78. The van der Waals surface area contributed by atoms with Crippen LogP contribution >= 0.6 is 0 Å². The first-order valence-electron chi connectivity index (χ1n) is 9.52. The van der Waals surface area contributed by atoms with Crippen LogP contribution in [0.3, 0.4) is 0 Å². The molecule has 152 valence electrons. The van der Waals surface area contributed by atoms with E-state index in [0.717, 1.165) is 0 Å². The van der Waals surface area contributed by atoms with Crippen molar-refractivity contribution in [3.8, 4) is 0 Å². The summed E-state index contributed by atoms with van der Waals surface area (Å²) in [5, 5.41) is 0. The Bertz CT molecular complexity index is 805. The largest absolute Gasteiger partial charge is 0.459 e. The lowest BCUT2D eigenvalue weighted by Gasteiger charge is -2.34. The zero-order chi connectivity index (χ0) is 20.5. The van der Waals surface area contributed by atoms with Crippen molar-refractivity contribution < 1.29 is 28.5 Å². The minimum Gasteiger partial charge on any atom is -0.459 e. The highest BCUT2D eigenvalue weighted by atomic mass is 16.7.